The third-order valence-electron chi connectivity index (χ3n) is 2.39. The van der Waals surface area contributed by atoms with Crippen LogP contribution >= 0.6 is 0 Å². The molecule has 20 heavy (non-hydrogen) atoms. The third-order valence-corrected chi connectivity index (χ3v) is 4.27. The van der Waals surface area contributed by atoms with Crippen molar-refractivity contribution in [1.82, 2.24) is 9.97 Å². The second-order valence-corrected chi connectivity index (χ2v) is 6.91. The molecular formula is C10H10N4O4S2. The van der Waals surface area contributed by atoms with Gasteiger partial charge in [0.15, 0.2) is 5.82 Å². The molecule has 2 rings (SSSR count). The number of aromatic nitrogens is 2. The summed E-state index contributed by atoms with van der Waals surface area (Å²) in [6, 6.07) is 4.72. The molecule has 0 spiro atoms. The minimum Gasteiger partial charge on any atom is -0.237 e. The largest absolute Gasteiger partial charge is 0.238 e. The molecule has 0 aliphatic rings. The quantitative estimate of drug-likeness (QED) is 0.776. The van der Waals surface area contributed by atoms with Gasteiger partial charge in [-0.2, -0.15) is 0 Å². The maximum absolute atomic E-state index is 11.5. The molecule has 0 aliphatic carbocycles. The fourth-order valence-electron chi connectivity index (χ4n) is 1.55. The number of benzene rings is 1. The van der Waals surface area contributed by atoms with Crippen LogP contribution in [0.15, 0.2) is 46.5 Å². The van der Waals surface area contributed by atoms with Crippen LogP contribution in [0.1, 0.15) is 0 Å². The van der Waals surface area contributed by atoms with Gasteiger partial charge in [0.25, 0.3) is 0 Å². The Balaban J connectivity index is 2.81. The molecule has 0 aliphatic heterocycles. The molecule has 0 bridgehead atoms. The number of primary sulfonamides is 2. The molecule has 0 amide bonds. The standard InChI is InChI=1S/C10H10N4O4S2/c11-19(15,16)7-2-3-9(20(12,17)18)8(6-7)10-13-4-1-5-14-10/h1-6H,(H2,11,15,16)(H2,12,17,18). The van der Waals surface area contributed by atoms with E-state index in [4.69, 9.17) is 10.3 Å². The Labute approximate surface area is 115 Å². The normalized spacial score (nSPS) is 12.3. The van der Waals surface area contributed by atoms with Crippen LogP contribution in [0.25, 0.3) is 11.4 Å². The van der Waals surface area contributed by atoms with Crippen molar-refractivity contribution in [1.29, 1.82) is 0 Å². The Morgan fingerprint density at radius 2 is 1.50 bits per heavy atom. The first-order chi connectivity index (χ1) is 9.19. The fraction of sp³-hybridized carbons (Fsp3) is 0. The molecule has 0 saturated heterocycles. The molecule has 106 valence electrons. The summed E-state index contributed by atoms with van der Waals surface area (Å²) in [6.45, 7) is 0. The highest BCUT2D eigenvalue weighted by molar-refractivity contribution is 7.89. The van der Waals surface area contributed by atoms with Gasteiger partial charge in [-0.3, -0.25) is 0 Å². The van der Waals surface area contributed by atoms with Gasteiger partial charge in [-0.1, -0.05) is 0 Å². The maximum Gasteiger partial charge on any atom is 0.238 e. The van der Waals surface area contributed by atoms with E-state index in [1.807, 2.05) is 0 Å². The number of hydrogen-bond acceptors (Lipinski definition) is 6. The highest BCUT2D eigenvalue weighted by Gasteiger charge is 2.20. The first-order valence-electron chi connectivity index (χ1n) is 5.16. The van der Waals surface area contributed by atoms with Gasteiger partial charge in [0.05, 0.1) is 9.79 Å². The van der Waals surface area contributed by atoms with Crippen LogP contribution in [0.2, 0.25) is 0 Å². The van der Waals surface area contributed by atoms with E-state index in [0.29, 0.717) is 0 Å². The third kappa shape index (κ3) is 2.99. The summed E-state index contributed by atoms with van der Waals surface area (Å²) in [4.78, 5) is 7.22. The minimum absolute atomic E-state index is 0.0281. The van der Waals surface area contributed by atoms with Crippen molar-refractivity contribution in [3.05, 3.63) is 36.7 Å². The molecule has 1 aromatic carbocycles. The van der Waals surface area contributed by atoms with Crippen LogP contribution in [-0.4, -0.2) is 26.8 Å². The van der Waals surface area contributed by atoms with Gasteiger partial charge >= 0.3 is 0 Å². The molecule has 0 atom stereocenters. The van der Waals surface area contributed by atoms with Gasteiger partial charge in [-0.05, 0) is 24.3 Å². The van der Waals surface area contributed by atoms with E-state index in [-0.39, 0.29) is 21.2 Å². The van der Waals surface area contributed by atoms with Crippen molar-refractivity contribution in [2.45, 2.75) is 9.79 Å². The summed E-state index contributed by atoms with van der Waals surface area (Å²) >= 11 is 0. The van der Waals surface area contributed by atoms with Gasteiger partial charge in [-0.15, -0.1) is 0 Å². The van der Waals surface area contributed by atoms with E-state index in [9.17, 15) is 16.8 Å². The first-order valence-corrected chi connectivity index (χ1v) is 8.26. The Bertz CT molecular complexity index is 848. The van der Waals surface area contributed by atoms with Crippen molar-refractivity contribution in [2.75, 3.05) is 0 Å². The highest BCUT2D eigenvalue weighted by atomic mass is 32.2. The predicted molar refractivity (Wildman–Crippen MR) is 70.2 cm³/mol. The zero-order valence-electron chi connectivity index (χ0n) is 9.96. The second-order valence-electron chi connectivity index (χ2n) is 3.82. The van der Waals surface area contributed by atoms with E-state index in [1.54, 1.807) is 0 Å². The van der Waals surface area contributed by atoms with E-state index in [1.165, 1.54) is 18.5 Å². The Morgan fingerprint density at radius 3 is 2.00 bits per heavy atom. The lowest BCUT2D eigenvalue weighted by atomic mass is 10.2. The molecule has 1 heterocycles. The fourth-order valence-corrected chi connectivity index (χ4v) is 2.80. The Hall–Kier alpha value is -1.88. The van der Waals surface area contributed by atoms with Crippen LogP contribution < -0.4 is 10.3 Å². The summed E-state index contributed by atoms with van der Waals surface area (Å²) in [5.74, 6) is 0.0297. The van der Waals surface area contributed by atoms with Crippen LogP contribution in [0.3, 0.4) is 0 Å². The van der Waals surface area contributed by atoms with Gasteiger partial charge < -0.3 is 0 Å². The zero-order valence-corrected chi connectivity index (χ0v) is 11.6. The van der Waals surface area contributed by atoms with Gasteiger partial charge in [0.2, 0.25) is 20.0 Å². The Kier molecular flexibility index (Phi) is 3.56. The molecule has 0 saturated carbocycles. The second kappa shape index (κ2) is 4.90. The highest BCUT2D eigenvalue weighted by Crippen LogP contribution is 2.26. The molecule has 0 fully saturated rings. The minimum atomic E-state index is -4.06. The average Bonchev–Trinajstić information content (AvgIpc) is 2.37. The van der Waals surface area contributed by atoms with Crippen LogP contribution in [0.4, 0.5) is 0 Å². The van der Waals surface area contributed by atoms with E-state index in [0.717, 1.165) is 18.2 Å². The lowest BCUT2D eigenvalue weighted by molar-refractivity contribution is 0.594. The van der Waals surface area contributed by atoms with Crippen molar-refractivity contribution >= 4 is 20.0 Å². The van der Waals surface area contributed by atoms with E-state index < -0.39 is 20.0 Å². The number of nitrogens with two attached hydrogens (primary N) is 2. The number of hydrogen-bond donors (Lipinski definition) is 2. The molecule has 1 aromatic heterocycles. The van der Waals surface area contributed by atoms with Crippen molar-refractivity contribution in [3.63, 3.8) is 0 Å². The van der Waals surface area contributed by atoms with Gasteiger partial charge in [0, 0.05) is 18.0 Å². The molecular weight excluding hydrogens is 304 g/mol. The molecule has 0 radical (unpaired) electrons. The molecule has 2 aromatic rings. The van der Waals surface area contributed by atoms with E-state index >= 15 is 0 Å². The van der Waals surface area contributed by atoms with Crippen molar-refractivity contribution in [3.8, 4) is 11.4 Å². The summed E-state index contributed by atoms with van der Waals surface area (Å²) in [6.07, 6.45) is 2.78. The number of nitrogens with zero attached hydrogens (tertiary/aromatic N) is 2. The topological polar surface area (TPSA) is 146 Å². The molecule has 8 nitrogen and oxygen atoms in total. The number of rotatable bonds is 3. The molecule has 10 heteroatoms. The lowest BCUT2D eigenvalue weighted by Crippen LogP contribution is -2.16. The first kappa shape index (κ1) is 14.5. The monoisotopic (exact) mass is 314 g/mol. The zero-order chi connectivity index (χ0) is 15.0. The summed E-state index contributed by atoms with van der Waals surface area (Å²) in [7, 11) is -8.05. The smallest absolute Gasteiger partial charge is 0.237 e. The summed E-state index contributed by atoms with van der Waals surface area (Å²) < 4.78 is 45.7. The van der Waals surface area contributed by atoms with Gasteiger partial charge in [0.1, 0.15) is 0 Å². The van der Waals surface area contributed by atoms with E-state index in [2.05, 4.69) is 9.97 Å². The SMILES string of the molecule is NS(=O)(=O)c1ccc(S(N)(=O)=O)c(-c2ncccn2)c1. The van der Waals surface area contributed by atoms with Crippen LogP contribution in [-0.2, 0) is 20.0 Å². The molecule has 4 N–H and O–H groups in total. The van der Waals surface area contributed by atoms with Crippen LogP contribution in [0, 0.1) is 0 Å². The van der Waals surface area contributed by atoms with Crippen LogP contribution in [0.5, 0.6) is 0 Å². The van der Waals surface area contributed by atoms with Crippen molar-refractivity contribution in [2.24, 2.45) is 10.3 Å². The average molecular weight is 314 g/mol. The summed E-state index contributed by atoms with van der Waals surface area (Å²) in [5.41, 5.74) is -0.0281. The summed E-state index contributed by atoms with van der Waals surface area (Å²) in [5, 5.41) is 10.1. The lowest BCUT2D eigenvalue weighted by Gasteiger charge is -2.08. The maximum atomic E-state index is 11.5. The molecule has 0 unspecified atom stereocenters. The number of sulfonamides is 2. The van der Waals surface area contributed by atoms with Crippen molar-refractivity contribution < 1.29 is 16.8 Å². The predicted octanol–water partition coefficient (Wildman–Crippen LogP) is -0.562. The Morgan fingerprint density at radius 1 is 0.900 bits per heavy atom. The van der Waals surface area contributed by atoms with Gasteiger partial charge in [-0.25, -0.2) is 37.1 Å².